The van der Waals surface area contributed by atoms with E-state index in [9.17, 15) is 4.79 Å². The smallest absolute Gasteiger partial charge is 0.262 e. The minimum absolute atomic E-state index is 0.101. The van der Waals surface area contributed by atoms with Crippen LogP contribution in [-0.2, 0) is 4.79 Å². The van der Waals surface area contributed by atoms with Crippen LogP contribution in [0.15, 0.2) is 53.1 Å². The Morgan fingerprint density at radius 2 is 1.89 bits per heavy atom. The second-order valence-electron chi connectivity index (χ2n) is 6.26. The summed E-state index contributed by atoms with van der Waals surface area (Å²) in [4.78, 5) is 12.3. The number of benzene rings is 2. The monoisotopic (exact) mass is 378 g/mol. The molecule has 0 radical (unpaired) electrons. The molecule has 1 aromatic heterocycles. The number of aromatic nitrogens is 1. The number of anilines is 1. The van der Waals surface area contributed by atoms with Gasteiger partial charge < -0.3 is 19.3 Å². The highest BCUT2D eigenvalue weighted by Gasteiger charge is 2.14. The van der Waals surface area contributed by atoms with E-state index in [4.69, 9.17) is 14.0 Å². The van der Waals surface area contributed by atoms with E-state index in [0.29, 0.717) is 22.9 Å². The zero-order valence-corrected chi connectivity index (χ0v) is 16.1. The van der Waals surface area contributed by atoms with Crippen LogP contribution in [0.5, 0.6) is 11.5 Å². The average Bonchev–Trinajstić information content (AvgIpc) is 3.05. The zero-order chi connectivity index (χ0) is 19.9. The molecule has 0 aliphatic heterocycles. The van der Waals surface area contributed by atoms with Gasteiger partial charge in [-0.05, 0) is 55.3 Å². The summed E-state index contributed by atoms with van der Waals surface area (Å²) in [6, 6.07) is 15.1. The minimum atomic E-state index is -0.285. The van der Waals surface area contributed by atoms with Gasteiger partial charge >= 0.3 is 0 Å². The number of nitrogens with one attached hydrogen (secondary N) is 1. The van der Waals surface area contributed by atoms with Crippen molar-refractivity contribution in [1.82, 2.24) is 5.16 Å². The first-order valence-corrected chi connectivity index (χ1v) is 8.83. The number of rotatable bonds is 7. The Labute approximate surface area is 163 Å². The first-order chi connectivity index (χ1) is 13.5. The summed E-state index contributed by atoms with van der Waals surface area (Å²) in [6.07, 6.45) is 3.67. The molecular formula is C22H22N2O4. The van der Waals surface area contributed by atoms with Crippen LogP contribution in [0.1, 0.15) is 22.6 Å². The van der Waals surface area contributed by atoms with Crippen molar-refractivity contribution in [3.05, 3.63) is 71.1 Å². The molecule has 1 heterocycles. The van der Waals surface area contributed by atoms with Gasteiger partial charge in [-0.25, -0.2) is 0 Å². The summed E-state index contributed by atoms with van der Waals surface area (Å²) in [5, 5.41) is 6.81. The summed E-state index contributed by atoms with van der Waals surface area (Å²) in [7, 11) is 1.63. The highest BCUT2D eigenvalue weighted by Crippen LogP contribution is 2.23. The maximum absolute atomic E-state index is 12.3. The predicted octanol–water partition coefficient (Wildman–Crippen LogP) is 4.49. The molecule has 1 amide bonds. The molecule has 0 unspecified atom stereocenters. The Morgan fingerprint density at radius 1 is 1.11 bits per heavy atom. The third-order valence-electron chi connectivity index (χ3n) is 4.06. The Kier molecular flexibility index (Phi) is 6.11. The number of hydrogen-bond donors (Lipinski definition) is 1. The number of hydrogen-bond acceptors (Lipinski definition) is 5. The van der Waals surface area contributed by atoms with E-state index in [1.807, 2.05) is 61.5 Å². The molecule has 28 heavy (non-hydrogen) atoms. The number of nitrogens with zero attached hydrogens (tertiary/aromatic N) is 1. The van der Waals surface area contributed by atoms with Gasteiger partial charge in [-0.1, -0.05) is 35.5 Å². The standard InChI is InChI=1S/C22H22N2O4/c1-15-5-4-6-19(13-15)27-14-21(25)23-22-16(2)28-24-20(22)12-9-17-7-10-18(26-3)11-8-17/h4-13H,14H2,1-3H3,(H,23,25). The van der Waals surface area contributed by atoms with Crippen LogP contribution in [0, 0.1) is 13.8 Å². The third-order valence-corrected chi connectivity index (χ3v) is 4.06. The quantitative estimate of drug-likeness (QED) is 0.656. The fourth-order valence-electron chi connectivity index (χ4n) is 2.57. The molecule has 3 rings (SSSR count). The van der Waals surface area contributed by atoms with Crippen LogP contribution in [0.3, 0.4) is 0 Å². The molecule has 0 aliphatic carbocycles. The number of methoxy groups -OCH3 is 1. The van der Waals surface area contributed by atoms with Crippen LogP contribution in [-0.4, -0.2) is 24.8 Å². The van der Waals surface area contributed by atoms with Crippen molar-refractivity contribution in [2.24, 2.45) is 0 Å². The van der Waals surface area contributed by atoms with Gasteiger partial charge in [0, 0.05) is 0 Å². The number of carbonyl (C=O) groups is 1. The fourth-order valence-corrected chi connectivity index (χ4v) is 2.57. The molecule has 3 aromatic rings. The van der Waals surface area contributed by atoms with E-state index < -0.39 is 0 Å². The van der Waals surface area contributed by atoms with Crippen molar-refractivity contribution in [3.8, 4) is 11.5 Å². The van der Waals surface area contributed by atoms with Crippen molar-refractivity contribution < 1.29 is 18.8 Å². The predicted molar refractivity (Wildman–Crippen MR) is 108 cm³/mol. The van der Waals surface area contributed by atoms with E-state index in [-0.39, 0.29) is 12.5 Å². The summed E-state index contributed by atoms with van der Waals surface area (Å²) in [6.45, 7) is 3.61. The van der Waals surface area contributed by atoms with Crippen LogP contribution in [0.4, 0.5) is 5.69 Å². The van der Waals surface area contributed by atoms with E-state index >= 15 is 0 Å². The Balaban J connectivity index is 1.64. The summed E-state index contributed by atoms with van der Waals surface area (Å²) in [5.41, 5.74) is 3.11. The number of carbonyl (C=O) groups excluding carboxylic acids is 1. The van der Waals surface area contributed by atoms with Gasteiger partial charge in [-0.15, -0.1) is 0 Å². The van der Waals surface area contributed by atoms with E-state index in [0.717, 1.165) is 16.9 Å². The van der Waals surface area contributed by atoms with Crippen LogP contribution in [0.25, 0.3) is 12.2 Å². The lowest BCUT2D eigenvalue weighted by atomic mass is 10.2. The summed E-state index contributed by atoms with van der Waals surface area (Å²) < 4.78 is 15.9. The van der Waals surface area contributed by atoms with E-state index in [1.165, 1.54) is 0 Å². The van der Waals surface area contributed by atoms with Crippen molar-refractivity contribution >= 4 is 23.7 Å². The maximum Gasteiger partial charge on any atom is 0.262 e. The number of ether oxygens (including phenoxy) is 2. The van der Waals surface area contributed by atoms with Crippen molar-refractivity contribution in [3.63, 3.8) is 0 Å². The van der Waals surface area contributed by atoms with Crippen LogP contribution in [0.2, 0.25) is 0 Å². The minimum Gasteiger partial charge on any atom is -0.497 e. The van der Waals surface area contributed by atoms with E-state index in [1.54, 1.807) is 20.1 Å². The topological polar surface area (TPSA) is 73.6 Å². The molecule has 0 saturated carbocycles. The molecule has 0 bridgehead atoms. The molecule has 0 spiro atoms. The Morgan fingerprint density at radius 3 is 2.61 bits per heavy atom. The highest BCUT2D eigenvalue weighted by molar-refractivity contribution is 5.94. The molecule has 0 saturated heterocycles. The summed E-state index contributed by atoms with van der Waals surface area (Å²) in [5.74, 6) is 1.68. The van der Waals surface area contributed by atoms with Crippen molar-refractivity contribution in [1.29, 1.82) is 0 Å². The lowest BCUT2D eigenvalue weighted by Gasteiger charge is -2.07. The largest absolute Gasteiger partial charge is 0.497 e. The number of aryl methyl sites for hydroxylation is 2. The van der Waals surface area contributed by atoms with Gasteiger partial charge in [0.15, 0.2) is 12.4 Å². The second kappa shape index (κ2) is 8.90. The average molecular weight is 378 g/mol. The van der Waals surface area contributed by atoms with Gasteiger partial charge in [0.25, 0.3) is 5.91 Å². The first-order valence-electron chi connectivity index (χ1n) is 8.83. The fraction of sp³-hybridized carbons (Fsp3) is 0.182. The first kappa shape index (κ1) is 19.2. The van der Waals surface area contributed by atoms with Crippen molar-refractivity contribution in [2.75, 3.05) is 19.0 Å². The van der Waals surface area contributed by atoms with Gasteiger partial charge in [-0.3, -0.25) is 4.79 Å². The third kappa shape index (κ3) is 5.01. The summed E-state index contributed by atoms with van der Waals surface area (Å²) >= 11 is 0. The highest BCUT2D eigenvalue weighted by atomic mass is 16.5. The normalized spacial score (nSPS) is 10.8. The lowest BCUT2D eigenvalue weighted by Crippen LogP contribution is -2.20. The maximum atomic E-state index is 12.3. The van der Waals surface area contributed by atoms with Crippen LogP contribution < -0.4 is 14.8 Å². The molecule has 0 fully saturated rings. The van der Waals surface area contributed by atoms with Crippen LogP contribution >= 0.6 is 0 Å². The van der Waals surface area contributed by atoms with Gasteiger partial charge in [-0.2, -0.15) is 0 Å². The molecule has 2 aromatic carbocycles. The number of amides is 1. The molecule has 0 atom stereocenters. The molecule has 6 heteroatoms. The van der Waals surface area contributed by atoms with E-state index in [2.05, 4.69) is 10.5 Å². The Hall–Kier alpha value is -3.54. The zero-order valence-electron chi connectivity index (χ0n) is 16.1. The van der Waals surface area contributed by atoms with Gasteiger partial charge in [0.1, 0.15) is 22.9 Å². The molecule has 6 nitrogen and oxygen atoms in total. The molecule has 144 valence electrons. The second-order valence-corrected chi connectivity index (χ2v) is 6.26. The van der Waals surface area contributed by atoms with Gasteiger partial charge in [0.05, 0.1) is 7.11 Å². The molecule has 0 aliphatic rings. The molecule has 1 N–H and O–H groups in total. The van der Waals surface area contributed by atoms with Gasteiger partial charge in [0.2, 0.25) is 0 Å². The van der Waals surface area contributed by atoms with Crippen molar-refractivity contribution in [2.45, 2.75) is 13.8 Å². The lowest BCUT2D eigenvalue weighted by molar-refractivity contribution is -0.118. The SMILES string of the molecule is COc1ccc(C=Cc2noc(C)c2NC(=O)COc2cccc(C)c2)cc1. The molecular weight excluding hydrogens is 356 g/mol. The Bertz CT molecular complexity index is 974.